The van der Waals surface area contributed by atoms with Crippen molar-refractivity contribution in [3.8, 4) is 5.75 Å². The molecule has 0 amide bonds. The number of rotatable bonds is 2. The Balaban J connectivity index is 3.41. The van der Waals surface area contributed by atoms with Gasteiger partial charge in [-0.1, -0.05) is 0 Å². The van der Waals surface area contributed by atoms with E-state index in [0.29, 0.717) is 6.54 Å². The van der Waals surface area contributed by atoms with Crippen LogP contribution in [0, 0.1) is 13.8 Å². The number of benzene rings is 1. The Bertz CT molecular complexity index is 323. The molecule has 0 spiro atoms. The minimum Gasteiger partial charge on any atom is -0.495 e. The van der Waals surface area contributed by atoms with Gasteiger partial charge in [-0.15, -0.1) is 0 Å². The third-order valence-corrected chi connectivity index (χ3v) is 2.88. The summed E-state index contributed by atoms with van der Waals surface area (Å²) in [4.78, 5) is 0. The van der Waals surface area contributed by atoms with Gasteiger partial charge in [-0.3, -0.25) is 0 Å². The zero-order chi connectivity index (χ0) is 10.0. The predicted molar refractivity (Wildman–Crippen MR) is 58.1 cm³/mol. The lowest BCUT2D eigenvalue weighted by Crippen LogP contribution is -2.04. The van der Waals surface area contributed by atoms with E-state index >= 15 is 0 Å². The molecule has 0 bridgehead atoms. The normalized spacial score (nSPS) is 10.2. The summed E-state index contributed by atoms with van der Waals surface area (Å²) in [6.07, 6.45) is 0. The van der Waals surface area contributed by atoms with Gasteiger partial charge in [0.15, 0.2) is 0 Å². The van der Waals surface area contributed by atoms with Crippen molar-refractivity contribution in [1.82, 2.24) is 0 Å². The lowest BCUT2D eigenvalue weighted by molar-refractivity contribution is 0.406. The molecule has 0 atom stereocenters. The molecule has 0 fully saturated rings. The average molecular weight is 244 g/mol. The van der Waals surface area contributed by atoms with E-state index in [-0.39, 0.29) is 0 Å². The van der Waals surface area contributed by atoms with Gasteiger partial charge in [0.2, 0.25) is 0 Å². The maximum Gasteiger partial charge on any atom is 0.137 e. The first kappa shape index (κ1) is 10.5. The first-order chi connectivity index (χ1) is 6.11. The highest BCUT2D eigenvalue weighted by atomic mass is 79.9. The molecular weight excluding hydrogens is 230 g/mol. The lowest BCUT2D eigenvalue weighted by atomic mass is 10.0. The Morgan fingerprint density at radius 1 is 1.46 bits per heavy atom. The number of ether oxygens (including phenoxy) is 1. The molecule has 13 heavy (non-hydrogen) atoms. The molecule has 72 valence electrons. The molecule has 0 aromatic heterocycles. The van der Waals surface area contributed by atoms with Crippen LogP contribution in [0.4, 0.5) is 0 Å². The predicted octanol–water partition coefficient (Wildman–Crippen LogP) is 2.53. The van der Waals surface area contributed by atoms with E-state index in [1.54, 1.807) is 7.11 Å². The molecule has 0 heterocycles. The van der Waals surface area contributed by atoms with E-state index in [1.165, 1.54) is 11.1 Å². The summed E-state index contributed by atoms with van der Waals surface area (Å²) in [5.41, 5.74) is 9.18. The van der Waals surface area contributed by atoms with E-state index in [1.807, 2.05) is 6.07 Å². The zero-order valence-electron chi connectivity index (χ0n) is 8.15. The quantitative estimate of drug-likeness (QED) is 0.867. The van der Waals surface area contributed by atoms with Crippen LogP contribution in [0.2, 0.25) is 0 Å². The van der Waals surface area contributed by atoms with Crippen LogP contribution >= 0.6 is 15.9 Å². The molecule has 1 aromatic carbocycles. The fourth-order valence-electron chi connectivity index (χ4n) is 1.38. The molecule has 0 aliphatic heterocycles. The van der Waals surface area contributed by atoms with Gasteiger partial charge in [-0.2, -0.15) is 0 Å². The molecule has 2 nitrogen and oxygen atoms in total. The van der Waals surface area contributed by atoms with E-state index in [0.717, 1.165) is 15.8 Å². The Morgan fingerprint density at radius 3 is 2.54 bits per heavy atom. The van der Waals surface area contributed by atoms with Crippen molar-refractivity contribution < 1.29 is 4.74 Å². The first-order valence-electron chi connectivity index (χ1n) is 4.14. The van der Waals surface area contributed by atoms with Crippen LogP contribution in [0.25, 0.3) is 0 Å². The minimum absolute atomic E-state index is 0.509. The van der Waals surface area contributed by atoms with Crippen molar-refractivity contribution in [2.24, 2.45) is 5.73 Å². The molecule has 1 rings (SSSR count). The number of nitrogens with two attached hydrogens (primary N) is 1. The Hall–Kier alpha value is -0.540. The van der Waals surface area contributed by atoms with Crippen LogP contribution in [0.1, 0.15) is 16.7 Å². The average Bonchev–Trinajstić information content (AvgIpc) is 2.10. The second kappa shape index (κ2) is 4.11. The highest BCUT2D eigenvalue weighted by molar-refractivity contribution is 9.10. The summed E-state index contributed by atoms with van der Waals surface area (Å²) in [5.74, 6) is 0.852. The molecular formula is C10H14BrNO. The number of hydrogen-bond donors (Lipinski definition) is 1. The summed E-state index contributed by atoms with van der Waals surface area (Å²) >= 11 is 3.45. The van der Waals surface area contributed by atoms with Gasteiger partial charge in [0.05, 0.1) is 11.6 Å². The monoisotopic (exact) mass is 243 g/mol. The van der Waals surface area contributed by atoms with Crippen LogP contribution in [0.3, 0.4) is 0 Å². The topological polar surface area (TPSA) is 35.2 Å². The highest BCUT2D eigenvalue weighted by Gasteiger charge is 2.11. The highest BCUT2D eigenvalue weighted by Crippen LogP contribution is 2.33. The van der Waals surface area contributed by atoms with Gasteiger partial charge < -0.3 is 10.5 Å². The second-order valence-corrected chi connectivity index (χ2v) is 3.87. The third-order valence-electron chi connectivity index (χ3n) is 2.29. The molecule has 0 radical (unpaired) electrons. The van der Waals surface area contributed by atoms with E-state index < -0.39 is 0 Å². The molecule has 0 saturated heterocycles. The van der Waals surface area contributed by atoms with Gasteiger partial charge in [-0.05, 0) is 47.0 Å². The minimum atomic E-state index is 0.509. The molecule has 3 heteroatoms. The van der Waals surface area contributed by atoms with Crippen molar-refractivity contribution in [2.75, 3.05) is 7.11 Å². The SMILES string of the molecule is COc1c(Br)cc(C)c(C)c1CN. The van der Waals surface area contributed by atoms with Crippen molar-refractivity contribution in [2.45, 2.75) is 20.4 Å². The molecule has 1 aromatic rings. The van der Waals surface area contributed by atoms with Crippen LogP contribution in [-0.2, 0) is 6.54 Å². The summed E-state index contributed by atoms with van der Waals surface area (Å²) in [7, 11) is 1.66. The fraction of sp³-hybridized carbons (Fsp3) is 0.400. The van der Waals surface area contributed by atoms with Crippen molar-refractivity contribution >= 4 is 15.9 Å². The molecule has 0 unspecified atom stereocenters. The smallest absolute Gasteiger partial charge is 0.137 e. The number of aryl methyl sites for hydroxylation is 1. The summed E-state index contributed by atoms with van der Waals surface area (Å²) in [5, 5.41) is 0. The Morgan fingerprint density at radius 2 is 2.08 bits per heavy atom. The van der Waals surface area contributed by atoms with Gasteiger partial charge in [0, 0.05) is 12.1 Å². The van der Waals surface area contributed by atoms with E-state index in [2.05, 4.69) is 29.8 Å². The molecule has 2 N–H and O–H groups in total. The van der Waals surface area contributed by atoms with Gasteiger partial charge in [-0.25, -0.2) is 0 Å². The number of hydrogen-bond acceptors (Lipinski definition) is 2. The molecule has 0 aliphatic rings. The molecule has 0 saturated carbocycles. The van der Waals surface area contributed by atoms with Crippen molar-refractivity contribution in [3.05, 3.63) is 27.2 Å². The summed E-state index contributed by atoms with van der Waals surface area (Å²) < 4.78 is 6.25. The maximum absolute atomic E-state index is 5.66. The standard InChI is InChI=1S/C10H14BrNO/c1-6-4-9(11)10(13-3)8(5-12)7(6)2/h4H,5,12H2,1-3H3. The summed E-state index contributed by atoms with van der Waals surface area (Å²) in [6, 6.07) is 2.05. The largest absolute Gasteiger partial charge is 0.495 e. The van der Waals surface area contributed by atoms with Gasteiger partial charge >= 0.3 is 0 Å². The van der Waals surface area contributed by atoms with E-state index in [9.17, 15) is 0 Å². The van der Waals surface area contributed by atoms with Crippen molar-refractivity contribution in [1.29, 1.82) is 0 Å². The van der Waals surface area contributed by atoms with Crippen LogP contribution < -0.4 is 10.5 Å². The zero-order valence-corrected chi connectivity index (χ0v) is 9.73. The third kappa shape index (κ3) is 1.86. The van der Waals surface area contributed by atoms with Crippen LogP contribution in [0.15, 0.2) is 10.5 Å². The Kier molecular flexibility index (Phi) is 3.33. The Labute approximate surface area is 87.2 Å². The second-order valence-electron chi connectivity index (χ2n) is 3.02. The number of methoxy groups -OCH3 is 1. The summed E-state index contributed by atoms with van der Waals surface area (Å²) in [6.45, 7) is 4.64. The fourth-order valence-corrected chi connectivity index (χ4v) is 2.13. The van der Waals surface area contributed by atoms with Crippen LogP contribution in [0.5, 0.6) is 5.75 Å². The van der Waals surface area contributed by atoms with Crippen molar-refractivity contribution in [3.63, 3.8) is 0 Å². The number of halogens is 1. The van der Waals surface area contributed by atoms with Crippen LogP contribution in [-0.4, -0.2) is 7.11 Å². The van der Waals surface area contributed by atoms with E-state index in [4.69, 9.17) is 10.5 Å². The first-order valence-corrected chi connectivity index (χ1v) is 4.93. The van der Waals surface area contributed by atoms with Gasteiger partial charge in [0.25, 0.3) is 0 Å². The van der Waals surface area contributed by atoms with Gasteiger partial charge in [0.1, 0.15) is 5.75 Å². The lowest BCUT2D eigenvalue weighted by Gasteiger charge is -2.14. The molecule has 0 aliphatic carbocycles. The maximum atomic E-state index is 5.66.